The van der Waals surface area contributed by atoms with Gasteiger partial charge in [0.1, 0.15) is 12.1 Å². The van der Waals surface area contributed by atoms with Gasteiger partial charge in [-0.3, -0.25) is 0 Å². The molecule has 0 unspecified atom stereocenters. The summed E-state index contributed by atoms with van der Waals surface area (Å²) < 4.78 is 0. The molecule has 0 atom stereocenters. The van der Waals surface area contributed by atoms with Crippen molar-refractivity contribution in [2.24, 2.45) is 10.9 Å². The van der Waals surface area contributed by atoms with Crippen LogP contribution < -0.4 is 11.2 Å². The summed E-state index contributed by atoms with van der Waals surface area (Å²) in [6.45, 7) is 3.33. The Morgan fingerprint density at radius 1 is 1.25 bits per heavy atom. The number of piperidine rings is 1. The summed E-state index contributed by atoms with van der Waals surface area (Å²) in [5.74, 6) is 6.05. The first-order valence-electron chi connectivity index (χ1n) is 8.41. The molecule has 0 amide bonds. The van der Waals surface area contributed by atoms with Gasteiger partial charge >= 0.3 is 0 Å². The normalized spacial score (nSPS) is 16.5. The van der Waals surface area contributed by atoms with E-state index in [0.717, 1.165) is 50.3 Å². The minimum absolute atomic E-state index is 0.429. The zero-order valence-corrected chi connectivity index (χ0v) is 13.8. The van der Waals surface area contributed by atoms with Gasteiger partial charge in [0.15, 0.2) is 0 Å². The van der Waals surface area contributed by atoms with E-state index in [1.54, 1.807) is 18.7 Å². The summed E-state index contributed by atoms with van der Waals surface area (Å²) in [6, 6.07) is 11.1. The lowest BCUT2D eigenvalue weighted by atomic mass is 10.0. The predicted octanol–water partition coefficient (Wildman–Crippen LogP) is 1.89. The van der Waals surface area contributed by atoms with E-state index < -0.39 is 0 Å². The van der Waals surface area contributed by atoms with Crippen molar-refractivity contribution >= 4 is 12.0 Å². The van der Waals surface area contributed by atoms with Crippen molar-refractivity contribution in [3.8, 4) is 0 Å². The van der Waals surface area contributed by atoms with E-state index in [2.05, 4.69) is 55.6 Å². The Hall–Kier alpha value is -2.47. The fraction of sp³-hybridized carbons (Fsp3) is 0.389. The van der Waals surface area contributed by atoms with Gasteiger partial charge in [-0.1, -0.05) is 30.3 Å². The van der Waals surface area contributed by atoms with Crippen LogP contribution in [0.4, 0.5) is 5.82 Å². The average molecular weight is 324 g/mol. The molecule has 3 rings (SSSR count). The Labute approximate surface area is 142 Å². The predicted molar refractivity (Wildman–Crippen MR) is 97.0 cm³/mol. The quantitative estimate of drug-likeness (QED) is 0.482. The highest BCUT2D eigenvalue weighted by Crippen LogP contribution is 2.17. The molecule has 0 aliphatic carbocycles. The highest BCUT2D eigenvalue weighted by molar-refractivity contribution is 5.85. The number of nitrogens with zero attached hydrogens (tertiary/aromatic N) is 4. The molecule has 6 heteroatoms. The fourth-order valence-electron chi connectivity index (χ4n) is 3.06. The smallest absolute Gasteiger partial charge is 0.138 e. The second-order valence-corrected chi connectivity index (χ2v) is 6.10. The molecule has 0 saturated carbocycles. The monoisotopic (exact) mass is 324 g/mol. The first kappa shape index (κ1) is 16.4. The number of hydrazone groups is 1. The Balaban J connectivity index is 1.47. The minimum atomic E-state index is 0.429. The lowest BCUT2D eigenvalue weighted by Crippen LogP contribution is -2.40. The topological polar surface area (TPSA) is 79.4 Å². The van der Waals surface area contributed by atoms with Crippen LogP contribution in [0, 0.1) is 0 Å². The van der Waals surface area contributed by atoms with Crippen LogP contribution >= 0.6 is 0 Å². The maximum Gasteiger partial charge on any atom is 0.138 e. The lowest BCUT2D eigenvalue weighted by Gasteiger charge is -2.32. The van der Waals surface area contributed by atoms with Crippen LogP contribution in [-0.4, -0.2) is 46.8 Å². The van der Waals surface area contributed by atoms with Gasteiger partial charge in [0, 0.05) is 31.9 Å². The summed E-state index contributed by atoms with van der Waals surface area (Å²) in [4.78, 5) is 10.9. The van der Waals surface area contributed by atoms with Crippen LogP contribution in [0.2, 0.25) is 0 Å². The van der Waals surface area contributed by atoms with E-state index in [0.29, 0.717) is 6.04 Å². The molecule has 1 fully saturated rings. The van der Waals surface area contributed by atoms with Crippen molar-refractivity contribution in [2.75, 3.05) is 25.0 Å². The summed E-state index contributed by atoms with van der Waals surface area (Å²) in [6.07, 6.45) is 8.18. The summed E-state index contributed by atoms with van der Waals surface area (Å²) >= 11 is 0. The molecular weight excluding hydrogens is 300 g/mol. The van der Waals surface area contributed by atoms with E-state index in [9.17, 15) is 0 Å². The molecule has 1 aromatic carbocycles. The first-order chi connectivity index (χ1) is 11.8. The number of nitrogens with two attached hydrogens (primary N) is 1. The van der Waals surface area contributed by atoms with Gasteiger partial charge < -0.3 is 16.1 Å². The van der Waals surface area contributed by atoms with Crippen LogP contribution in [0.5, 0.6) is 0 Å². The van der Waals surface area contributed by atoms with Crippen LogP contribution in [0.15, 0.2) is 48.0 Å². The average Bonchev–Trinajstić information content (AvgIpc) is 2.64. The van der Waals surface area contributed by atoms with Crippen LogP contribution in [0.25, 0.3) is 0 Å². The Kier molecular flexibility index (Phi) is 5.74. The number of hydrogen-bond donors (Lipinski definition) is 2. The number of anilines is 1. The van der Waals surface area contributed by atoms with Crippen LogP contribution in [-0.2, 0) is 6.42 Å². The van der Waals surface area contributed by atoms with E-state index in [-0.39, 0.29) is 0 Å². The minimum Gasteiger partial charge on any atom is -0.367 e. The van der Waals surface area contributed by atoms with E-state index in [1.165, 1.54) is 5.56 Å². The third-order valence-corrected chi connectivity index (χ3v) is 4.44. The third kappa shape index (κ3) is 4.52. The second kappa shape index (κ2) is 8.40. The molecule has 0 bridgehead atoms. The Bertz CT molecular complexity index is 650. The Morgan fingerprint density at radius 3 is 2.79 bits per heavy atom. The molecule has 6 nitrogen and oxygen atoms in total. The Morgan fingerprint density at radius 2 is 2.04 bits per heavy atom. The van der Waals surface area contributed by atoms with Crippen molar-refractivity contribution in [3.63, 3.8) is 0 Å². The molecule has 126 valence electrons. The van der Waals surface area contributed by atoms with Gasteiger partial charge in [0.05, 0.1) is 11.8 Å². The van der Waals surface area contributed by atoms with Crippen molar-refractivity contribution in [1.82, 2.24) is 14.9 Å². The second-order valence-electron chi connectivity index (χ2n) is 6.10. The maximum atomic E-state index is 5.24. The van der Waals surface area contributed by atoms with E-state index >= 15 is 0 Å². The van der Waals surface area contributed by atoms with Gasteiger partial charge in [0.2, 0.25) is 0 Å². The third-order valence-electron chi connectivity index (χ3n) is 4.44. The lowest BCUT2D eigenvalue weighted by molar-refractivity contribution is 0.221. The SMILES string of the molecule is N/N=C\c1cncnc1NC1CCN(CCc2ccccc2)CC1. The van der Waals surface area contributed by atoms with Crippen molar-refractivity contribution < 1.29 is 0 Å². The largest absolute Gasteiger partial charge is 0.367 e. The van der Waals surface area contributed by atoms with Gasteiger partial charge in [-0.25, -0.2) is 9.97 Å². The molecule has 2 aromatic rings. The highest BCUT2D eigenvalue weighted by atomic mass is 15.2. The highest BCUT2D eigenvalue weighted by Gasteiger charge is 2.19. The number of benzene rings is 1. The molecule has 2 heterocycles. The number of likely N-dealkylation sites (tertiary alicyclic amines) is 1. The van der Waals surface area contributed by atoms with Crippen molar-refractivity contribution in [1.29, 1.82) is 0 Å². The summed E-state index contributed by atoms with van der Waals surface area (Å²) in [7, 11) is 0. The zero-order valence-electron chi connectivity index (χ0n) is 13.8. The zero-order chi connectivity index (χ0) is 16.6. The summed E-state index contributed by atoms with van der Waals surface area (Å²) in [5, 5.41) is 7.08. The molecular formula is C18H24N6. The number of nitrogens with one attached hydrogen (secondary N) is 1. The molecule has 1 aliphatic heterocycles. The number of aromatic nitrogens is 2. The van der Waals surface area contributed by atoms with Crippen LogP contribution in [0.3, 0.4) is 0 Å². The van der Waals surface area contributed by atoms with E-state index in [4.69, 9.17) is 5.84 Å². The maximum absolute atomic E-state index is 5.24. The molecule has 0 radical (unpaired) electrons. The van der Waals surface area contributed by atoms with Gasteiger partial charge in [-0.2, -0.15) is 5.10 Å². The first-order valence-corrected chi connectivity index (χ1v) is 8.41. The standard InChI is InChI=1S/C18H24N6/c19-22-13-16-12-20-14-21-18(16)23-17-7-10-24(11-8-17)9-6-15-4-2-1-3-5-15/h1-5,12-14,17H,6-11,19H2,(H,20,21,23)/b22-13-. The molecule has 1 aromatic heterocycles. The van der Waals surface area contributed by atoms with Gasteiger partial charge in [-0.05, 0) is 24.8 Å². The van der Waals surface area contributed by atoms with Crippen molar-refractivity contribution in [2.45, 2.75) is 25.3 Å². The van der Waals surface area contributed by atoms with Crippen molar-refractivity contribution in [3.05, 3.63) is 54.0 Å². The van der Waals surface area contributed by atoms with Crippen LogP contribution in [0.1, 0.15) is 24.0 Å². The van der Waals surface area contributed by atoms with Gasteiger partial charge in [-0.15, -0.1) is 0 Å². The number of hydrogen-bond acceptors (Lipinski definition) is 6. The molecule has 0 spiro atoms. The fourth-order valence-corrected chi connectivity index (χ4v) is 3.06. The molecule has 3 N–H and O–H groups in total. The number of rotatable bonds is 6. The van der Waals surface area contributed by atoms with E-state index in [1.807, 2.05) is 0 Å². The molecule has 1 aliphatic rings. The molecule has 1 saturated heterocycles. The van der Waals surface area contributed by atoms with Gasteiger partial charge in [0.25, 0.3) is 0 Å². The summed E-state index contributed by atoms with van der Waals surface area (Å²) in [5.41, 5.74) is 2.23. The molecule has 24 heavy (non-hydrogen) atoms.